The average Bonchev–Trinajstić information content (AvgIpc) is 2.62. The number of nitrogens with zero attached hydrogens (tertiary/aromatic N) is 4. The Morgan fingerprint density at radius 2 is 1.57 bits per heavy atom. The molecule has 6 nitrogen and oxygen atoms in total. The zero-order chi connectivity index (χ0) is 15.9. The predicted octanol–water partition coefficient (Wildman–Crippen LogP) is 2.28. The van der Waals surface area contributed by atoms with Crippen LogP contribution >= 0.6 is 0 Å². The number of piperidine rings is 2. The number of carbonyl (C=O) groups is 1. The maximum atomic E-state index is 12.0. The predicted molar refractivity (Wildman–Crippen MR) is 91.6 cm³/mol. The maximum absolute atomic E-state index is 12.0. The van der Waals surface area contributed by atoms with Crippen LogP contribution in [0.2, 0.25) is 0 Å². The van der Waals surface area contributed by atoms with Crippen molar-refractivity contribution < 1.29 is 4.79 Å². The lowest BCUT2D eigenvalue weighted by Gasteiger charge is -2.26. The van der Waals surface area contributed by atoms with Gasteiger partial charge in [-0.25, -0.2) is 9.97 Å². The van der Waals surface area contributed by atoms with Gasteiger partial charge in [-0.05, 0) is 45.2 Å². The molecule has 0 aromatic carbocycles. The molecule has 2 aliphatic heterocycles. The number of anilines is 2. The summed E-state index contributed by atoms with van der Waals surface area (Å²) in [7, 11) is 0. The molecule has 126 valence electrons. The molecule has 0 atom stereocenters. The van der Waals surface area contributed by atoms with E-state index in [0.29, 0.717) is 12.1 Å². The highest BCUT2D eigenvalue weighted by molar-refractivity contribution is 5.90. The highest BCUT2D eigenvalue weighted by Crippen LogP contribution is 2.16. The minimum Gasteiger partial charge on any atom is -0.341 e. The number of hydrogen-bond donors (Lipinski definition) is 1. The summed E-state index contributed by atoms with van der Waals surface area (Å²) in [4.78, 5) is 25.4. The summed E-state index contributed by atoms with van der Waals surface area (Å²) >= 11 is 0. The van der Waals surface area contributed by atoms with E-state index in [9.17, 15) is 4.79 Å². The van der Waals surface area contributed by atoms with Crippen molar-refractivity contribution in [3.8, 4) is 0 Å². The maximum Gasteiger partial charge on any atom is 0.225 e. The largest absolute Gasteiger partial charge is 0.341 e. The van der Waals surface area contributed by atoms with Crippen molar-refractivity contribution in [2.45, 2.75) is 44.9 Å². The first-order valence-electron chi connectivity index (χ1n) is 8.90. The molecular weight excluding hydrogens is 290 g/mol. The second kappa shape index (κ2) is 8.24. The van der Waals surface area contributed by atoms with Crippen LogP contribution in [0.5, 0.6) is 0 Å². The molecule has 0 unspecified atom stereocenters. The molecule has 0 aliphatic carbocycles. The van der Waals surface area contributed by atoms with Crippen LogP contribution in [0.1, 0.15) is 44.9 Å². The van der Waals surface area contributed by atoms with E-state index in [4.69, 9.17) is 0 Å². The minimum absolute atomic E-state index is 0.0462. The molecule has 1 amide bonds. The van der Waals surface area contributed by atoms with Crippen LogP contribution in [-0.2, 0) is 4.79 Å². The topological polar surface area (TPSA) is 61.4 Å². The minimum atomic E-state index is 0.0462. The van der Waals surface area contributed by atoms with Crippen LogP contribution < -0.4 is 10.2 Å². The highest BCUT2D eigenvalue weighted by Gasteiger charge is 2.14. The molecule has 0 radical (unpaired) electrons. The van der Waals surface area contributed by atoms with E-state index in [0.717, 1.165) is 38.7 Å². The van der Waals surface area contributed by atoms with Crippen LogP contribution in [0.3, 0.4) is 0 Å². The van der Waals surface area contributed by atoms with Gasteiger partial charge in [0.2, 0.25) is 11.9 Å². The van der Waals surface area contributed by atoms with Gasteiger partial charge in [0.1, 0.15) is 0 Å². The van der Waals surface area contributed by atoms with Crippen molar-refractivity contribution in [2.75, 3.05) is 42.9 Å². The molecule has 1 N–H and O–H groups in total. The molecule has 0 saturated carbocycles. The van der Waals surface area contributed by atoms with Crippen molar-refractivity contribution in [1.29, 1.82) is 0 Å². The van der Waals surface area contributed by atoms with Crippen molar-refractivity contribution in [3.63, 3.8) is 0 Å². The lowest BCUT2D eigenvalue weighted by atomic mass is 10.1. The Morgan fingerprint density at radius 1 is 0.957 bits per heavy atom. The van der Waals surface area contributed by atoms with E-state index in [2.05, 4.69) is 25.1 Å². The van der Waals surface area contributed by atoms with Gasteiger partial charge in [0.25, 0.3) is 0 Å². The molecule has 1 aromatic rings. The van der Waals surface area contributed by atoms with Crippen molar-refractivity contribution in [1.82, 2.24) is 14.9 Å². The second-order valence-corrected chi connectivity index (χ2v) is 6.52. The molecule has 2 saturated heterocycles. The summed E-state index contributed by atoms with van der Waals surface area (Å²) in [5, 5.41) is 2.90. The molecule has 0 spiro atoms. The van der Waals surface area contributed by atoms with Crippen molar-refractivity contribution in [3.05, 3.63) is 12.4 Å². The Kier molecular flexibility index (Phi) is 5.80. The molecule has 3 rings (SSSR count). The van der Waals surface area contributed by atoms with Gasteiger partial charge in [-0.1, -0.05) is 6.42 Å². The molecular formula is C17H27N5O. The third-order valence-corrected chi connectivity index (χ3v) is 4.66. The number of hydrogen-bond acceptors (Lipinski definition) is 5. The highest BCUT2D eigenvalue weighted by atomic mass is 16.1. The number of amides is 1. The summed E-state index contributed by atoms with van der Waals surface area (Å²) < 4.78 is 0. The Morgan fingerprint density at radius 3 is 2.22 bits per heavy atom. The average molecular weight is 317 g/mol. The van der Waals surface area contributed by atoms with Crippen LogP contribution in [0.15, 0.2) is 12.4 Å². The monoisotopic (exact) mass is 317 g/mol. The summed E-state index contributed by atoms with van der Waals surface area (Å²) in [5.74, 6) is 0.820. The molecule has 1 aromatic heterocycles. The van der Waals surface area contributed by atoms with Gasteiger partial charge in [-0.2, -0.15) is 0 Å². The summed E-state index contributed by atoms with van der Waals surface area (Å²) in [6.45, 7) is 5.16. The van der Waals surface area contributed by atoms with Gasteiger partial charge < -0.3 is 15.1 Å². The number of aromatic nitrogens is 2. The fourth-order valence-corrected chi connectivity index (χ4v) is 3.31. The normalized spacial score (nSPS) is 19.6. The van der Waals surface area contributed by atoms with Crippen LogP contribution in [0, 0.1) is 0 Å². The summed E-state index contributed by atoms with van der Waals surface area (Å²) in [5.41, 5.74) is 0.689. The first-order valence-corrected chi connectivity index (χ1v) is 8.90. The SMILES string of the molecule is O=C(CCN1CCCCC1)Nc1cnc(N2CCCCC2)nc1. The number of rotatable bonds is 5. The van der Waals surface area contributed by atoms with Gasteiger partial charge in [-0.15, -0.1) is 0 Å². The Hall–Kier alpha value is -1.69. The Labute approximate surface area is 138 Å². The van der Waals surface area contributed by atoms with E-state index in [1.54, 1.807) is 12.4 Å². The van der Waals surface area contributed by atoms with Gasteiger partial charge >= 0.3 is 0 Å². The fourth-order valence-electron chi connectivity index (χ4n) is 3.31. The second-order valence-electron chi connectivity index (χ2n) is 6.52. The first-order chi connectivity index (χ1) is 11.3. The van der Waals surface area contributed by atoms with E-state index < -0.39 is 0 Å². The van der Waals surface area contributed by atoms with E-state index in [1.807, 2.05) is 0 Å². The molecule has 6 heteroatoms. The molecule has 3 heterocycles. The number of carbonyl (C=O) groups excluding carboxylic acids is 1. The van der Waals surface area contributed by atoms with Crippen molar-refractivity contribution >= 4 is 17.5 Å². The number of likely N-dealkylation sites (tertiary alicyclic amines) is 1. The fraction of sp³-hybridized carbons (Fsp3) is 0.706. The number of nitrogens with one attached hydrogen (secondary N) is 1. The molecule has 0 bridgehead atoms. The smallest absolute Gasteiger partial charge is 0.225 e. The van der Waals surface area contributed by atoms with E-state index in [1.165, 1.54) is 38.5 Å². The molecule has 2 fully saturated rings. The quantitative estimate of drug-likeness (QED) is 0.903. The zero-order valence-corrected chi connectivity index (χ0v) is 13.8. The summed E-state index contributed by atoms with van der Waals surface area (Å²) in [6.07, 6.45) is 11.5. The molecule has 23 heavy (non-hydrogen) atoms. The van der Waals surface area contributed by atoms with E-state index >= 15 is 0 Å². The van der Waals surface area contributed by atoms with Crippen LogP contribution in [-0.4, -0.2) is 53.5 Å². The van der Waals surface area contributed by atoms with E-state index in [-0.39, 0.29) is 5.91 Å². The van der Waals surface area contributed by atoms with Gasteiger partial charge in [0.15, 0.2) is 0 Å². The zero-order valence-electron chi connectivity index (χ0n) is 13.8. The van der Waals surface area contributed by atoms with Crippen molar-refractivity contribution in [2.24, 2.45) is 0 Å². The first kappa shape index (κ1) is 16.2. The van der Waals surface area contributed by atoms with Gasteiger partial charge in [0.05, 0.1) is 18.1 Å². The third kappa shape index (κ3) is 4.89. The Bertz CT molecular complexity index is 492. The lowest BCUT2D eigenvalue weighted by Crippen LogP contribution is -2.32. The van der Waals surface area contributed by atoms with Crippen LogP contribution in [0.4, 0.5) is 11.6 Å². The third-order valence-electron chi connectivity index (χ3n) is 4.66. The van der Waals surface area contributed by atoms with Gasteiger partial charge in [-0.3, -0.25) is 4.79 Å². The molecule has 2 aliphatic rings. The summed E-state index contributed by atoms with van der Waals surface area (Å²) in [6, 6.07) is 0. The van der Waals surface area contributed by atoms with Gasteiger partial charge in [0, 0.05) is 26.1 Å². The lowest BCUT2D eigenvalue weighted by molar-refractivity contribution is -0.116. The Balaban J connectivity index is 1.44. The van der Waals surface area contributed by atoms with Crippen LogP contribution in [0.25, 0.3) is 0 Å². The standard InChI is InChI=1S/C17H27N5O/c23-16(7-12-21-8-3-1-4-9-21)20-15-13-18-17(19-14-15)22-10-5-2-6-11-22/h13-14H,1-12H2,(H,20,23).